The Morgan fingerprint density at radius 2 is 2.07 bits per heavy atom. The number of thiazole rings is 1. The summed E-state index contributed by atoms with van der Waals surface area (Å²) in [5.41, 5.74) is 3.72. The van der Waals surface area contributed by atoms with Crippen LogP contribution >= 0.6 is 11.3 Å². The van der Waals surface area contributed by atoms with E-state index in [9.17, 15) is 9.59 Å². The number of nitrogens with zero attached hydrogens (tertiary/aromatic N) is 1. The van der Waals surface area contributed by atoms with Crippen LogP contribution in [0.5, 0.6) is 5.75 Å². The number of carbonyl (C=O) groups excluding carboxylic acids is 1. The van der Waals surface area contributed by atoms with E-state index in [1.807, 2.05) is 31.2 Å². The molecule has 1 amide bonds. The van der Waals surface area contributed by atoms with Gasteiger partial charge in [-0.15, -0.1) is 11.3 Å². The van der Waals surface area contributed by atoms with Gasteiger partial charge in [-0.25, -0.2) is 9.78 Å². The van der Waals surface area contributed by atoms with Crippen LogP contribution in [0.1, 0.15) is 22.6 Å². The van der Waals surface area contributed by atoms with Crippen LogP contribution in [-0.4, -0.2) is 17.5 Å². The summed E-state index contributed by atoms with van der Waals surface area (Å²) in [6.07, 6.45) is 2.65. The van der Waals surface area contributed by atoms with Crippen molar-refractivity contribution >= 4 is 44.1 Å². The van der Waals surface area contributed by atoms with E-state index in [1.54, 1.807) is 23.5 Å². The first-order valence-corrected chi connectivity index (χ1v) is 10.3. The number of hydrogen-bond donors (Lipinski definition) is 1. The standard InChI is InChI=1S/C22H18N2O4S/c1-12-23-18-8-5-13(9-20(18)29-12)24-21(25)11-27-14-6-7-16-15-3-2-4-17(15)22(26)28-19(16)10-14/h5-10H,2-4,11H2,1H3,(H,24,25). The van der Waals surface area contributed by atoms with Crippen LogP contribution in [0.25, 0.3) is 21.2 Å². The second-order valence-corrected chi connectivity index (χ2v) is 8.35. The highest BCUT2D eigenvalue weighted by molar-refractivity contribution is 7.18. The molecule has 1 N–H and O–H groups in total. The third-order valence-corrected chi connectivity index (χ3v) is 6.03. The number of anilines is 1. The van der Waals surface area contributed by atoms with E-state index in [0.29, 0.717) is 17.0 Å². The van der Waals surface area contributed by atoms with E-state index in [1.165, 1.54) is 0 Å². The lowest BCUT2D eigenvalue weighted by Crippen LogP contribution is -2.20. The number of fused-ring (bicyclic) bond motifs is 4. The fourth-order valence-corrected chi connectivity index (χ4v) is 4.68. The molecule has 2 heterocycles. The van der Waals surface area contributed by atoms with Gasteiger partial charge in [-0.05, 0) is 62.1 Å². The van der Waals surface area contributed by atoms with Crippen LogP contribution in [-0.2, 0) is 17.6 Å². The fraction of sp³-hybridized carbons (Fsp3) is 0.227. The highest BCUT2D eigenvalue weighted by atomic mass is 32.1. The minimum absolute atomic E-state index is 0.138. The van der Waals surface area contributed by atoms with E-state index >= 15 is 0 Å². The molecular weight excluding hydrogens is 388 g/mol. The predicted molar refractivity (Wildman–Crippen MR) is 113 cm³/mol. The van der Waals surface area contributed by atoms with Gasteiger partial charge in [0.05, 0.1) is 15.2 Å². The zero-order chi connectivity index (χ0) is 20.0. The minimum atomic E-state index is -0.270. The molecule has 5 rings (SSSR count). The quantitative estimate of drug-likeness (QED) is 0.513. The average molecular weight is 406 g/mol. The van der Waals surface area contributed by atoms with Crippen LogP contribution in [0.4, 0.5) is 5.69 Å². The second-order valence-electron chi connectivity index (χ2n) is 7.11. The number of rotatable bonds is 4. The van der Waals surface area contributed by atoms with E-state index < -0.39 is 0 Å². The summed E-state index contributed by atoms with van der Waals surface area (Å²) in [6, 6.07) is 11.0. The van der Waals surface area contributed by atoms with E-state index in [2.05, 4.69) is 10.3 Å². The molecule has 1 aliphatic carbocycles. The van der Waals surface area contributed by atoms with Crippen molar-refractivity contribution in [1.29, 1.82) is 0 Å². The number of amides is 1. The number of hydrogen-bond acceptors (Lipinski definition) is 6. The smallest absolute Gasteiger partial charge is 0.339 e. The summed E-state index contributed by atoms with van der Waals surface area (Å²) in [7, 11) is 0. The molecule has 2 aromatic heterocycles. The maximum atomic E-state index is 12.3. The van der Waals surface area contributed by atoms with E-state index in [-0.39, 0.29) is 18.1 Å². The number of carbonyl (C=O) groups is 1. The molecule has 1 aliphatic rings. The largest absolute Gasteiger partial charge is 0.484 e. The summed E-state index contributed by atoms with van der Waals surface area (Å²) in [5.74, 6) is 0.225. The van der Waals surface area contributed by atoms with E-state index in [4.69, 9.17) is 9.15 Å². The minimum Gasteiger partial charge on any atom is -0.484 e. The fourth-order valence-electron chi connectivity index (χ4n) is 3.82. The first kappa shape index (κ1) is 17.9. The zero-order valence-corrected chi connectivity index (χ0v) is 16.6. The molecule has 0 aliphatic heterocycles. The maximum Gasteiger partial charge on any atom is 0.339 e. The van der Waals surface area contributed by atoms with Gasteiger partial charge >= 0.3 is 5.63 Å². The molecule has 0 fully saturated rings. The maximum absolute atomic E-state index is 12.3. The molecule has 0 saturated carbocycles. The number of benzene rings is 2. The van der Waals surface area contributed by atoms with E-state index in [0.717, 1.165) is 51.0 Å². The first-order chi connectivity index (χ1) is 14.1. The van der Waals surface area contributed by atoms with Crippen LogP contribution in [0.15, 0.2) is 45.6 Å². The van der Waals surface area contributed by atoms with Crippen LogP contribution in [0.2, 0.25) is 0 Å². The molecule has 0 saturated heterocycles. The molecule has 29 heavy (non-hydrogen) atoms. The summed E-state index contributed by atoms with van der Waals surface area (Å²) >= 11 is 1.58. The van der Waals surface area contributed by atoms with Crippen molar-refractivity contribution in [3.8, 4) is 5.75 Å². The first-order valence-electron chi connectivity index (χ1n) is 9.45. The molecule has 7 heteroatoms. The molecular formula is C22H18N2O4S. The zero-order valence-electron chi connectivity index (χ0n) is 15.8. The summed E-state index contributed by atoms with van der Waals surface area (Å²) < 4.78 is 12.1. The second kappa shape index (κ2) is 7.00. The molecule has 0 unspecified atom stereocenters. The average Bonchev–Trinajstić information content (AvgIpc) is 3.32. The van der Waals surface area contributed by atoms with Gasteiger partial charge in [-0.3, -0.25) is 4.79 Å². The lowest BCUT2D eigenvalue weighted by atomic mass is 10.1. The molecule has 0 spiro atoms. The van der Waals surface area contributed by atoms with Crippen molar-refractivity contribution in [2.24, 2.45) is 0 Å². The number of aromatic nitrogens is 1. The Hall–Kier alpha value is -3.19. The Morgan fingerprint density at radius 3 is 2.97 bits per heavy atom. The highest BCUT2D eigenvalue weighted by Gasteiger charge is 2.19. The summed E-state index contributed by atoms with van der Waals surface area (Å²) in [6.45, 7) is 1.82. The molecule has 6 nitrogen and oxygen atoms in total. The van der Waals surface area contributed by atoms with Gasteiger partial charge in [-0.2, -0.15) is 0 Å². The van der Waals surface area contributed by atoms with Crippen LogP contribution in [0.3, 0.4) is 0 Å². The third-order valence-electron chi connectivity index (χ3n) is 5.09. The Balaban J connectivity index is 1.30. The molecule has 146 valence electrons. The SMILES string of the molecule is Cc1nc2ccc(NC(=O)COc3ccc4c5c(c(=O)oc4c3)CCC5)cc2s1. The van der Waals surface area contributed by atoms with Crippen molar-refractivity contribution in [2.75, 3.05) is 11.9 Å². The van der Waals surface area contributed by atoms with Crippen LogP contribution in [0, 0.1) is 6.92 Å². The summed E-state index contributed by atoms with van der Waals surface area (Å²) in [5, 5.41) is 4.77. The lowest BCUT2D eigenvalue weighted by molar-refractivity contribution is -0.118. The third kappa shape index (κ3) is 3.38. The van der Waals surface area contributed by atoms with Gasteiger partial charge < -0.3 is 14.5 Å². The topological polar surface area (TPSA) is 81.4 Å². The van der Waals surface area contributed by atoms with Crippen molar-refractivity contribution in [3.63, 3.8) is 0 Å². The van der Waals surface area contributed by atoms with Gasteiger partial charge in [0.25, 0.3) is 5.91 Å². The van der Waals surface area contributed by atoms with Crippen molar-refractivity contribution < 1.29 is 13.9 Å². The monoisotopic (exact) mass is 406 g/mol. The Kier molecular flexibility index (Phi) is 4.32. The van der Waals surface area contributed by atoms with Crippen molar-refractivity contribution in [3.05, 3.63) is 63.0 Å². The highest BCUT2D eigenvalue weighted by Crippen LogP contribution is 2.29. The Morgan fingerprint density at radius 1 is 1.21 bits per heavy atom. The van der Waals surface area contributed by atoms with Gasteiger partial charge in [0, 0.05) is 22.7 Å². The molecule has 4 aromatic rings. The molecule has 2 aromatic carbocycles. The molecule has 0 radical (unpaired) electrons. The number of ether oxygens (including phenoxy) is 1. The Bertz CT molecular complexity index is 1320. The number of nitrogens with one attached hydrogen (secondary N) is 1. The van der Waals surface area contributed by atoms with Gasteiger partial charge in [-0.1, -0.05) is 0 Å². The molecule has 0 atom stereocenters. The summed E-state index contributed by atoms with van der Waals surface area (Å²) in [4.78, 5) is 28.8. The normalized spacial score (nSPS) is 13.0. The predicted octanol–water partition coefficient (Wildman–Crippen LogP) is 4.22. The van der Waals surface area contributed by atoms with Crippen molar-refractivity contribution in [2.45, 2.75) is 26.2 Å². The lowest BCUT2D eigenvalue weighted by Gasteiger charge is -2.09. The Labute approximate surface area is 170 Å². The van der Waals surface area contributed by atoms with Crippen molar-refractivity contribution in [1.82, 2.24) is 4.98 Å². The molecule has 0 bridgehead atoms. The van der Waals surface area contributed by atoms with Gasteiger partial charge in [0.15, 0.2) is 6.61 Å². The van der Waals surface area contributed by atoms with Gasteiger partial charge in [0.1, 0.15) is 11.3 Å². The van der Waals surface area contributed by atoms with Crippen LogP contribution < -0.4 is 15.7 Å². The van der Waals surface area contributed by atoms with Gasteiger partial charge in [0.2, 0.25) is 0 Å². The number of aryl methyl sites for hydroxylation is 2.